The molecule has 64 valence electrons. The fourth-order valence-electron chi connectivity index (χ4n) is 1.76. The molecule has 0 spiro atoms. The van der Waals surface area contributed by atoms with Crippen LogP contribution in [0.1, 0.15) is 24.0 Å². The summed E-state index contributed by atoms with van der Waals surface area (Å²) in [5.74, 6) is 0. The van der Waals surface area contributed by atoms with Crippen molar-refractivity contribution in [2.75, 3.05) is 0 Å². The van der Waals surface area contributed by atoms with Gasteiger partial charge in [-0.2, -0.15) is 0 Å². The van der Waals surface area contributed by atoms with Crippen LogP contribution in [0.4, 0.5) is 0 Å². The lowest BCUT2D eigenvalue weighted by molar-refractivity contribution is 0.108. The van der Waals surface area contributed by atoms with Gasteiger partial charge in [-0.3, -0.25) is 0 Å². The first-order valence-corrected chi connectivity index (χ1v) is 4.58. The minimum absolute atomic E-state index is 0.658. The Morgan fingerprint density at radius 2 is 2.08 bits per heavy atom. The molecule has 2 heteroatoms. The first-order valence-electron chi connectivity index (χ1n) is 4.20. The number of rotatable bonds is 0. The Labute approximate surface area is 77.0 Å². The highest BCUT2D eigenvalue weighted by Gasteiger charge is 2.31. The van der Waals surface area contributed by atoms with E-state index in [-0.39, 0.29) is 0 Å². The lowest BCUT2D eigenvalue weighted by Gasteiger charge is -2.28. The quantitative estimate of drug-likeness (QED) is 0.611. The molecule has 1 aliphatic carbocycles. The predicted octanol–water partition coefficient (Wildman–Crippen LogP) is 2.41. The Kier molecular flexibility index (Phi) is 1.85. The van der Waals surface area contributed by atoms with E-state index >= 15 is 0 Å². The maximum Gasteiger partial charge on any atom is 0.164 e. The Balaban J connectivity index is 2.52. The molecule has 0 heterocycles. The smallest absolute Gasteiger partial charge is 0.164 e. The van der Waals surface area contributed by atoms with Gasteiger partial charge >= 0.3 is 0 Å². The zero-order valence-corrected chi connectivity index (χ0v) is 7.51. The third-order valence-corrected chi connectivity index (χ3v) is 2.78. The number of hydrogen-bond acceptors (Lipinski definition) is 1. The largest absolute Gasteiger partial charge is 0.371 e. The zero-order chi connectivity index (χ0) is 8.60. The van der Waals surface area contributed by atoms with Gasteiger partial charge < -0.3 is 5.11 Å². The van der Waals surface area contributed by atoms with E-state index in [0.29, 0.717) is 6.42 Å². The lowest BCUT2D eigenvalue weighted by atomic mass is 9.89. The van der Waals surface area contributed by atoms with E-state index in [1.165, 1.54) is 5.56 Å². The summed E-state index contributed by atoms with van der Waals surface area (Å²) in [6, 6.07) is 7.83. The highest BCUT2D eigenvalue weighted by molar-refractivity contribution is 6.23. The molecule has 12 heavy (non-hydrogen) atoms. The van der Waals surface area contributed by atoms with E-state index in [0.717, 1.165) is 18.4 Å². The molecule has 0 saturated heterocycles. The van der Waals surface area contributed by atoms with Crippen molar-refractivity contribution in [3.63, 3.8) is 0 Å². The topological polar surface area (TPSA) is 20.2 Å². The molecule has 1 aromatic carbocycles. The molecular formula is C10H11ClO. The molecule has 0 aliphatic heterocycles. The number of halogens is 1. The summed E-state index contributed by atoms with van der Waals surface area (Å²) in [5, 5.41) is 8.68. The molecule has 0 radical (unpaired) electrons. The van der Waals surface area contributed by atoms with Crippen LogP contribution in [0.3, 0.4) is 0 Å². The normalized spacial score (nSPS) is 28.2. The van der Waals surface area contributed by atoms with E-state index < -0.39 is 5.06 Å². The van der Waals surface area contributed by atoms with Crippen LogP contribution in [0.25, 0.3) is 0 Å². The van der Waals surface area contributed by atoms with E-state index in [4.69, 9.17) is 11.6 Å². The highest BCUT2D eigenvalue weighted by Crippen LogP contribution is 2.37. The summed E-state index contributed by atoms with van der Waals surface area (Å²) in [6.45, 7) is 0. The van der Waals surface area contributed by atoms with Gasteiger partial charge in [-0.05, 0) is 24.8 Å². The molecule has 1 aromatic rings. The summed E-state index contributed by atoms with van der Waals surface area (Å²) >= 11 is 5.96. The molecule has 0 saturated carbocycles. The van der Waals surface area contributed by atoms with Crippen LogP contribution in [0, 0.1) is 0 Å². The molecule has 0 bridgehead atoms. The highest BCUT2D eigenvalue weighted by atomic mass is 35.5. The van der Waals surface area contributed by atoms with Gasteiger partial charge in [0, 0.05) is 5.56 Å². The van der Waals surface area contributed by atoms with Gasteiger partial charge in [-0.1, -0.05) is 35.9 Å². The molecule has 1 N–H and O–H groups in total. The summed E-state index contributed by atoms with van der Waals surface area (Å²) in [6.07, 6.45) is 2.66. The second-order valence-corrected chi connectivity index (χ2v) is 3.90. The number of hydrogen-bond donors (Lipinski definition) is 1. The number of benzene rings is 1. The molecule has 1 unspecified atom stereocenters. The Morgan fingerprint density at radius 3 is 2.83 bits per heavy atom. The third-order valence-electron chi connectivity index (χ3n) is 2.38. The molecule has 0 fully saturated rings. The standard InChI is InChI=1S/C10H11ClO/c11-10(12)7-3-5-8-4-1-2-6-9(8)10/h1-2,4,6,12H,3,5,7H2. The Morgan fingerprint density at radius 1 is 1.33 bits per heavy atom. The van der Waals surface area contributed by atoms with Gasteiger partial charge in [-0.25, -0.2) is 0 Å². The SMILES string of the molecule is OC1(Cl)CCCc2ccccc21. The predicted molar refractivity (Wildman–Crippen MR) is 49.1 cm³/mol. The van der Waals surface area contributed by atoms with Crippen molar-refractivity contribution in [3.05, 3.63) is 35.4 Å². The zero-order valence-electron chi connectivity index (χ0n) is 6.76. The molecule has 0 aromatic heterocycles. The van der Waals surface area contributed by atoms with Crippen molar-refractivity contribution < 1.29 is 5.11 Å². The first kappa shape index (κ1) is 8.09. The minimum Gasteiger partial charge on any atom is -0.371 e. The summed E-state index contributed by atoms with van der Waals surface area (Å²) in [7, 11) is 0. The van der Waals surface area contributed by atoms with Gasteiger partial charge in [0.05, 0.1) is 0 Å². The van der Waals surface area contributed by atoms with E-state index in [1.54, 1.807) is 0 Å². The van der Waals surface area contributed by atoms with Crippen LogP contribution in [-0.2, 0) is 11.5 Å². The average Bonchev–Trinajstić information content (AvgIpc) is 2.04. The van der Waals surface area contributed by atoms with Gasteiger partial charge in [0.25, 0.3) is 0 Å². The monoisotopic (exact) mass is 182 g/mol. The number of fused-ring (bicyclic) bond motifs is 1. The average molecular weight is 183 g/mol. The number of aryl methyl sites for hydroxylation is 1. The Hall–Kier alpha value is -0.530. The minimum atomic E-state index is -1.12. The van der Waals surface area contributed by atoms with E-state index in [2.05, 4.69) is 0 Å². The van der Waals surface area contributed by atoms with Gasteiger partial charge in [-0.15, -0.1) is 0 Å². The first-order chi connectivity index (χ1) is 5.70. The van der Waals surface area contributed by atoms with E-state index in [9.17, 15) is 5.11 Å². The van der Waals surface area contributed by atoms with Crippen LogP contribution in [0.2, 0.25) is 0 Å². The van der Waals surface area contributed by atoms with E-state index in [1.807, 2.05) is 24.3 Å². The van der Waals surface area contributed by atoms with Crippen molar-refractivity contribution in [3.8, 4) is 0 Å². The van der Waals surface area contributed by atoms with Crippen LogP contribution >= 0.6 is 11.6 Å². The van der Waals surface area contributed by atoms with Gasteiger partial charge in [0.2, 0.25) is 0 Å². The summed E-state index contributed by atoms with van der Waals surface area (Å²) < 4.78 is 0. The number of alkyl halides is 1. The fourth-order valence-corrected chi connectivity index (χ4v) is 2.08. The molecule has 0 amide bonds. The molecule has 1 aliphatic rings. The summed E-state index contributed by atoms with van der Waals surface area (Å²) in [4.78, 5) is 0. The Bertz CT molecular complexity index is 294. The van der Waals surface area contributed by atoms with Crippen LogP contribution in [0.15, 0.2) is 24.3 Å². The molecule has 1 atom stereocenters. The van der Waals surface area contributed by atoms with Crippen molar-refractivity contribution in [2.45, 2.75) is 24.3 Å². The second-order valence-electron chi connectivity index (χ2n) is 3.27. The fraction of sp³-hybridized carbons (Fsp3) is 0.400. The maximum atomic E-state index is 9.79. The van der Waals surface area contributed by atoms with Crippen molar-refractivity contribution >= 4 is 11.6 Å². The maximum absolute atomic E-state index is 9.79. The molecule has 2 rings (SSSR count). The van der Waals surface area contributed by atoms with Crippen molar-refractivity contribution in [1.29, 1.82) is 0 Å². The van der Waals surface area contributed by atoms with Crippen molar-refractivity contribution in [2.24, 2.45) is 0 Å². The lowest BCUT2D eigenvalue weighted by Crippen LogP contribution is -2.23. The van der Waals surface area contributed by atoms with Gasteiger partial charge in [0.1, 0.15) is 0 Å². The molecular weight excluding hydrogens is 172 g/mol. The van der Waals surface area contributed by atoms with Crippen LogP contribution < -0.4 is 0 Å². The van der Waals surface area contributed by atoms with Crippen molar-refractivity contribution in [1.82, 2.24) is 0 Å². The van der Waals surface area contributed by atoms with Gasteiger partial charge in [0.15, 0.2) is 5.06 Å². The molecule has 1 nitrogen and oxygen atoms in total. The summed E-state index contributed by atoms with van der Waals surface area (Å²) in [5.41, 5.74) is 2.07. The third kappa shape index (κ3) is 1.23. The van der Waals surface area contributed by atoms with Crippen LogP contribution in [-0.4, -0.2) is 5.11 Å². The number of aliphatic hydroxyl groups is 1. The van der Waals surface area contributed by atoms with Crippen LogP contribution in [0.5, 0.6) is 0 Å². The second kappa shape index (κ2) is 2.75.